The standard InChI is InChI=1S/C8HF4S/c9-4-3-1-2-13-8(3)7(12)6(11)5(4)10/h1H. The molecule has 0 aliphatic rings. The molecule has 1 heterocycles. The van der Waals surface area contributed by atoms with Crippen molar-refractivity contribution in [1.82, 2.24) is 0 Å². The fourth-order valence-corrected chi connectivity index (χ4v) is 1.74. The molecular formula is C8HF4S. The first kappa shape index (κ1) is 8.50. The third-order valence-electron chi connectivity index (χ3n) is 1.62. The van der Waals surface area contributed by atoms with Gasteiger partial charge in [-0.15, -0.1) is 11.3 Å². The van der Waals surface area contributed by atoms with Crippen molar-refractivity contribution in [2.45, 2.75) is 0 Å². The third-order valence-corrected chi connectivity index (χ3v) is 2.46. The number of halogens is 4. The van der Waals surface area contributed by atoms with E-state index in [0.29, 0.717) is 11.3 Å². The molecule has 67 valence electrons. The molecule has 0 amide bonds. The van der Waals surface area contributed by atoms with Crippen LogP contribution in [0.2, 0.25) is 0 Å². The van der Waals surface area contributed by atoms with E-state index in [1.165, 1.54) is 0 Å². The van der Waals surface area contributed by atoms with Gasteiger partial charge in [0.25, 0.3) is 0 Å². The Kier molecular flexibility index (Phi) is 1.76. The Labute approximate surface area is 74.4 Å². The topological polar surface area (TPSA) is 0 Å². The van der Waals surface area contributed by atoms with Gasteiger partial charge >= 0.3 is 0 Å². The van der Waals surface area contributed by atoms with Crippen molar-refractivity contribution < 1.29 is 17.6 Å². The highest BCUT2D eigenvalue weighted by Gasteiger charge is 2.20. The highest BCUT2D eigenvalue weighted by molar-refractivity contribution is 7.16. The number of hydrogen-bond donors (Lipinski definition) is 0. The van der Waals surface area contributed by atoms with E-state index in [-0.39, 0.29) is 10.1 Å². The van der Waals surface area contributed by atoms with E-state index in [0.717, 1.165) is 6.07 Å². The molecular weight excluding hydrogens is 204 g/mol. The van der Waals surface area contributed by atoms with Gasteiger partial charge in [0.1, 0.15) is 0 Å². The molecule has 1 radical (unpaired) electrons. The summed E-state index contributed by atoms with van der Waals surface area (Å²) in [6.45, 7) is 0. The van der Waals surface area contributed by atoms with Crippen LogP contribution in [0.25, 0.3) is 10.1 Å². The molecule has 0 aliphatic carbocycles. The van der Waals surface area contributed by atoms with E-state index >= 15 is 0 Å². The zero-order valence-corrected chi connectivity index (χ0v) is 6.81. The van der Waals surface area contributed by atoms with Gasteiger partial charge in [-0.25, -0.2) is 17.6 Å². The second-order valence-corrected chi connectivity index (χ2v) is 3.21. The SMILES string of the molecule is Fc1c(F)c(F)c2s[c]cc2c1F. The van der Waals surface area contributed by atoms with Crippen LogP contribution >= 0.6 is 11.3 Å². The summed E-state index contributed by atoms with van der Waals surface area (Å²) in [7, 11) is 0. The van der Waals surface area contributed by atoms with Crippen molar-refractivity contribution in [3.8, 4) is 0 Å². The van der Waals surface area contributed by atoms with Crippen molar-refractivity contribution in [2.24, 2.45) is 0 Å². The lowest BCUT2D eigenvalue weighted by Crippen LogP contribution is -1.95. The maximum absolute atomic E-state index is 12.9. The average molecular weight is 205 g/mol. The first-order valence-electron chi connectivity index (χ1n) is 3.24. The predicted molar refractivity (Wildman–Crippen MR) is 40.5 cm³/mol. The summed E-state index contributed by atoms with van der Waals surface area (Å²) in [5, 5.41) is 2.13. The fraction of sp³-hybridized carbons (Fsp3) is 0. The van der Waals surface area contributed by atoms with Gasteiger partial charge in [-0.2, -0.15) is 0 Å². The lowest BCUT2D eigenvalue weighted by Gasteiger charge is -1.98. The number of fused-ring (bicyclic) bond motifs is 1. The lowest BCUT2D eigenvalue weighted by molar-refractivity contribution is 0.419. The van der Waals surface area contributed by atoms with E-state index in [1.807, 2.05) is 0 Å². The van der Waals surface area contributed by atoms with Crippen molar-refractivity contribution in [3.05, 3.63) is 34.7 Å². The normalized spacial score (nSPS) is 11.1. The van der Waals surface area contributed by atoms with Crippen LogP contribution in [-0.4, -0.2) is 0 Å². The molecule has 0 saturated carbocycles. The Morgan fingerprint density at radius 2 is 1.54 bits per heavy atom. The van der Waals surface area contributed by atoms with Gasteiger partial charge < -0.3 is 0 Å². The summed E-state index contributed by atoms with van der Waals surface area (Å²) in [5.74, 6) is -6.29. The van der Waals surface area contributed by atoms with Gasteiger partial charge in [0.05, 0.1) is 4.70 Å². The van der Waals surface area contributed by atoms with Gasteiger partial charge in [0, 0.05) is 10.8 Å². The summed E-state index contributed by atoms with van der Waals surface area (Å²) in [4.78, 5) is 0. The molecule has 1 aromatic heterocycles. The van der Waals surface area contributed by atoms with E-state index in [1.54, 1.807) is 0 Å². The molecule has 0 fully saturated rings. The van der Waals surface area contributed by atoms with Crippen LogP contribution < -0.4 is 0 Å². The van der Waals surface area contributed by atoms with Crippen molar-refractivity contribution in [1.29, 1.82) is 0 Å². The molecule has 1 aromatic carbocycles. The maximum atomic E-state index is 12.9. The van der Waals surface area contributed by atoms with Crippen molar-refractivity contribution in [2.75, 3.05) is 0 Å². The van der Waals surface area contributed by atoms with Gasteiger partial charge in [-0.3, -0.25) is 0 Å². The molecule has 0 atom stereocenters. The minimum Gasteiger partial charge on any atom is -0.203 e. The maximum Gasteiger partial charge on any atom is 0.198 e. The first-order valence-corrected chi connectivity index (χ1v) is 4.06. The molecule has 0 spiro atoms. The van der Waals surface area contributed by atoms with Gasteiger partial charge in [-0.1, -0.05) is 0 Å². The van der Waals surface area contributed by atoms with Gasteiger partial charge in [-0.05, 0) is 6.07 Å². The molecule has 0 bridgehead atoms. The zero-order chi connectivity index (χ0) is 9.59. The highest BCUT2D eigenvalue weighted by atomic mass is 32.1. The summed E-state index contributed by atoms with van der Waals surface area (Å²) < 4.78 is 50.7. The third kappa shape index (κ3) is 1.03. The monoisotopic (exact) mass is 205 g/mol. The number of hydrogen-bond acceptors (Lipinski definition) is 1. The zero-order valence-electron chi connectivity index (χ0n) is 6.00. The predicted octanol–water partition coefficient (Wildman–Crippen LogP) is 3.26. The Balaban J connectivity index is 3.02. The van der Waals surface area contributed by atoms with Crippen molar-refractivity contribution in [3.63, 3.8) is 0 Å². The molecule has 2 rings (SSSR count). The molecule has 13 heavy (non-hydrogen) atoms. The Morgan fingerprint density at radius 1 is 0.923 bits per heavy atom. The van der Waals surface area contributed by atoms with Crippen LogP contribution in [0, 0.1) is 28.6 Å². The second-order valence-electron chi connectivity index (χ2n) is 2.36. The molecule has 0 saturated heterocycles. The lowest BCUT2D eigenvalue weighted by atomic mass is 10.2. The van der Waals surface area contributed by atoms with Gasteiger partial charge in [0.15, 0.2) is 23.3 Å². The number of benzene rings is 1. The van der Waals surface area contributed by atoms with Gasteiger partial charge in [0.2, 0.25) is 0 Å². The molecule has 2 aromatic rings. The average Bonchev–Trinajstić information content (AvgIpc) is 2.59. The first-order chi connectivity index (χ1) is 6.13. The minimum atomic E-state index is -1.78. The molecule has 0 N–H and O–H groups in total. The Morgan fingerprint density at radius 3 is 2.23 bits per heavy atom. The number of rotatable bonds is 0. The Bertz CT molecular complexity index is 432. The second kappa shape index (κ2) is 2.70. The molecule has 0 aliphatic heterocycles. The van der Waals surface area contributed by atoms with Crippen LogP contribution in [0.5, 0.6) is 0 Å². The Hall–Kier alpha value is -1.10. The van der Waals surface area contributed by atoms with Crippen LogP contribution in [0.3, 0.4) is 0 Å². The van der Waals surface area contributed by atoms with E-state index in [9.17, 15) is 17.6 Å². The van der Waals surface area contributed by atoms with Crippen LogP contribution in [-0.2, 0) is 0 Å². The van der Waals surface area contributed by atoms with Crippen LogP contribution in [0.1, 0.15) is 0 Å². The van der Waals surface area contributed by atoms with Crippen molar-refractivity contribution >= 4 is 21.4 Å². The van der Waals surface area contributed by atoms with E-state index in [4.69, 9.17) is 0 Å². The largest absolute Gasteiger partial charge is 0.203 e. The fourth-order valence-electron chi connectivity index (χ4n) is 1.00. The smallest absolute Gasteiger partial charge is 0.198 e. The molecule has 5 heteroatoms. The molecule has 0 nitrogen and oxygen atoms in total. The summed E-state index contributed by atoms with van der Waals surface area (Å²) in [6.07, 6.45) is 0. The summed E-state index contributed by atoms with van der Waals surface area (Å²) >= 11 is 0.704. The summed E-state index contributed by atoms with van der Waals surface area (Å²) in [6, 6.07) is 1.08. The van der Waals surface area contributed by atoms with E-state index in [2.05, 4.69) is 5.38 Å². The van der Waals surface area contributed by atoms with Crippen LogP contribution in [0.4, 0.5) is 17.6 Å². The summed E-state index contributed by atoms with van der Waals surface area (Å²) in [5.41, 5.74) is 0. The van der Waals surface area contributed by atoms with Crippen LogP contribution in [0.15, 0.2) is 6.07 Å². The number of thiophene rings is 1. The van der Waals surface area contributed by atoms with E-state index < -0.39 is 23.3 Å². The quantitative estimate of drug-likeness (QED) is 0.352. The molecule has 0 unspecified atom stereocenters. The highest BCUT2D eigenvalue weighted by Crippen LogP contribution is 2.29. The minimum absolute atomic E-state index is 0.253.